The second kappa shape index (κ2) is 8.08. The number of carbonyl (C=O) groups is 1. The van der Waals surface area contributed by atoms with Crippen molar-refractivity contribution >= 4 is 5.97 Å². The monoisotopic (exact) mass is 582 g/mol. The average Bonchev–Trinajstić information content (AvgIpc) is 3.25. The zero-order valence-corrected chi connectivity index (χ0v) is 23.0. The fourth-order valence-electron chi connectivity index (χ4n) is 10.9. The molecule has 2 bridgehead atoms. The minimum Gasteiger partial charge on any atom is -0.472 e. The van der Waals surface area contributed by atoms with E-state index in [2.05, 4.69) is 0 Å². The number of furan rings is 1. The highest BCUT2D eigenvalue weighted by Gasteiger charge is 2.93. The van der Waals surface area contributed by atoms with Crippen molar-refractivity contribution in [3.05, 3.63) is 24.2 Å². The smallest absolute Gasteiger partial charge is 0.303 e. The highest BCUT2D eigenvalue weighted by Crippen LogP contribution is 2.81. The Labute approximate surface area is 235 Å². The molecule has 41 heavy (non-hydrogen) atoms. The summed E-state index contributed by atoms with van der Waals surface area (Å²) in [6.45, 7) is 2.94. The summed E-state index contributed by atoms with van der Waals surface area (Å²) in [6, 6.07) is 1.50. The quantitative estimate of drug-likeness (QED) is 0.139. The molecule has 0 amide bonds. The summed E-state index contributed by atoms with van der Waals surface area (Å²) in [6.07, 6.45) is -7.85. The van der Waals surface area contributed by atoms with Gasteiger partial charge in [0, 0.05) is 36.2 Å². The van der Waals surface area contributed by atoms with E-state index < -0.39 is 106 Å². The maximum atomic E-state index is 12.3. The van der Waals surface area contributed by atoms with E-state index in [9.17, 15) is 45.6 Å². The van der Waals surface area contributed by atoms with Crippen molar-refractivity contribution in [2.45, 2.75) is 93.3 Å². The molecule has 0 unspecified atom stereocenters. The molecule has 1 aromatic rings. The number of fused-ring (bicyclic) bond motifs is 1. The van der Waals surface area contributed by atoms with E-state index in [0.29, 0.717) is 0 Å². The molecule has 228 valence electrons. The zero-order chi connectivity index (χ0) is 29.7. The predicted octanol–water partition coefficient (Wildman–Crippen LogP) is -2.27. The van der Waals surface area contributed by atoms with Crippen LogP contribution in [0, 0.1) is 34.0 Å². The average molecular weight is 583 g/mol. The van der Waals surface area contributed by atoms with Gasteiger partial charge in [-0.2, -0.15) is 0 Å². The molecule has 0 radical (unpaired) electrons. The summed E-state index contributed by atoms with van der Waals surface area (Å²) in [7, 11) is 0. The molecule has 2 aliphatic heterocycles. The van der Waals surface area contributed by atoms with Gasteiger partial charge in [-0.15, -0.1) is 0 Å². The van der Waals surface area contributed by atoms with Crippen LogP contribution in [0.1, 0.15) is 39.2 Å². The van der Waals surface area contributed by atoms with E-state index >= 15 is 0 Å². The van der Waals surface area contributed by atoms with Gasteiger partial charge in [-0.25, -0.2) is 0 Å². The number of esters is 1. The Morgan fingerprint density at radius 2 is 1.80 bits per heavy atom. The molecule has 6 fully saturated rings. The van der Waals surface area contributed by atoms with Gasteiger partial charge in [0.1, 0.15) is 29.0 Å². The summed E-state index contributed by atoms with van der Waals surface area (Å²) < 4.78 is 22.7. The van der Waals surface area contributed by atoms with Gasteiger partial charge in [-0.3, -0.25) is 4.79 Å². The predicted molar refractivity (Wildman–Crippen MR) is 132 cm³/mol. The van der Waals surface area contributed by atoms with Gasteiger partial charge in [0.2, 0.25) is 0 Å². The molecule has 0 aromatic carbocycles. The van der Waals surface area contributed by atoms with E-state index in [1.807, 2.05) is 0 Å². The van der Waals surface area contributed by atoms with E-state index in [0.717, 1.165) is 6.92 Å². The van der Waals surface area contributed by atoms with Crippen molar-refractivity contribution in [1.82, 2.24) is 0 Å². The topological polar surface area (TPSA) is 223 Å². The van der Waals surface area contributed by atoms with Crippen molar-refractivity contribution < 1.29 is 64.3 Å². The van der Waals surface area contributed by atoms with Crippen molar-refractivity contribution in [2.24, 2.45) is 34.0 Å². The summed E-state index contributed by atoms with van der Waals surface area (Å²) in [5.41, 5.74) is -10.1. The van der Waals surface area contributed by atoms with Crippen LogP contribution in [0.2, 0.25) is 0 Å². The Balaban J connectivity index is 1.44. The van der Waals surface area contributed by atoms with Gasteiger partial charge >= 0.3 is 5.97 Å². The molecule has 13 heteroatoms. The molecule has 4 saturated carbocycles. The van der Waals surface area contributed by atoms with Crippen molar-refractivity contribution in [2.75, 3.05) is 13.2 Å². The molecule has 4 aliphatic carbocycles. The van der Waals surface area contributed by atoms with Gasteiger partial charge < -0.3 is 59.5 Å². The van der Waals surface area contributed by atoms with Crippen LogP contribution >= 0.6 is 0 Å². The molecule has 1 spiro atoms. The molecule has 3 heterocycles. The van der Waals surface area contributed by atoms with Crippen LogP contribution in [-0.2, 0) is 24.6 Å². The summed E-state index contributed by atoms with van der Waals surface area (Å²) >= 11 is 0. The van der Waals surface area contributed by atoms with Gasteiger partial charge in [0.25, 0.3) is 0 Å². The third kappa shape index (κ3) is 2.73. The summed E-state index contributed by atoms with van der Waals surface area (Å²) in [4.78, 5) is 12.0. The first kappa shape index (κ1) is 28.1. The SMILES string of the molecule is CC(=O)O[C@@H]1[C@H](O)[C@@H](O)[C@@]23CO[C@@H](O)[C@]1(C)[C@@H]2C[C@@H](O)[C@]1(CO)[C@@H]3[C@@H](O)[C@H]2[C@@]13O[C@@H]3C[C@@](O)(c1ccoc1)[C@]2(C)O. The van der Waals surface area contributed by atoms with Crippen LogP contribution in [0.5, 0.6) is 0 Å². The summed E-state index contributed by atoms with van der Waals surface area (Å²) in [5.74, 6) is -4.18. The second-order valence-electron chi connectivity index (χ2n) is 13.7. The third-order valence-electron chi connectivity index (χ3n) is 12.5. The number of hydrogen-bond acceptors (Lipinski definition) is 13. The van der Waals surface area contributed by atoms with E-state index in [1.165, 1.54) is 32.4 Å². The van der Waals surface area contributed by atoms with Crippen LogP contribution in [-0.4, -0.2) is 114 Å². The van der Waals surface area contributed by atoms with E-state index in [1.54, 1.807) is 0 Å². The Kier molecular flexibility index (Phi) is 5.55. The lowest BCUT2D eigenvalue weighted by Crippen LogP contribution is -2.80. The number of ether oxygens (including phenoxy) is 3. The molecule has 8 N–H and O–H groups in total. The second-order valence-corrected chi connectivity index (χ2v) is 13.7. The normalized spacial score (nSPS) is 60.4. The van der Waals surface area contributed by atoms with Crippen LogP contribution in [0.3, 0.4) is 0 Å². The largest absolute Gasteiger partial charge is 0.472 e. The maximum absolute atomic E-state index is 12.3. The van der Waals surface area contributed by atoms with Crippen molar-refractivity contribution in [3.63, 3.8) is 0 Å². The number of hydrogen-bond donors (Lipinski definition) is 8. The first-order valence-corrected chi connectivity index (χ1v) is 14.1. The lowest BCUT2D eigenvalue weighted by Gasteiger charge is -2.70. The number of rotatable bonds is 3. The van der Waals surface area contributed by atoms with E-state index in [-0.39, 0.29) is 25.0 Å². The maximum Gasteiger partial charge on any atom is 0.303 e. The lowest BCUT2D eigenvalue weighted by atomic mass is 9.38. The number of aliphatic hydroxyl groups is 8. The Morgan fingerprint density at radius 1 is 1.10 bits per heavy atom. The third-order valence-corrected chi connectivity index (χ3v) is 12.5. The Bertz CT molecular complexity index is 1250. The standard InChI is InChI=1S/C28H38O13/c1-11(30)40-21-17(33)20(34)25-10-39-22(35)23(21,2)13(25)6-14(31)26(9-29)19(25)16(32)18-24(3,36)27(37,12-4-5-38-8-12)7-15-28(18,26)41-15/h4-5,8,13-22,29,31-37H,6-7,9-10H2,1-3H3/t13-,14+,15+,16-,17+,18+,19+,20+,21+,22+,23+,24+,25-,26+,27+,28+/m0/s1. The van der Waals surface area contributed by atoms with Crippen LogP contribution < -0.4 is 0 Å². The van der Waals surface area contributed by atoms with Crippen LogP contribution in [0.4, 0.5) is 0 Å². The van der Waals surface area contributed by atoms with Crippen LogP contribution in [0.15, 0.2) is 23.0 Å². The molecule has 13 nitrogen and oxygen atoms in total. The minimum absolute atomic E-state index is 0.132. The van der Waals surface area contributed by atoms with E-state index in [4.69, 9.17) is 18.6 Å². The number of aliphatic hydroxyl groups excluding tert-OH is 6. The van der Waals surface area contributed by atoms with Crippen molar-refractivity contribution in [1.29, 1.82) is 0 Å². The molecule has 7 rings (SSSR count). The fourth-order valence-corrected chi connectivity index (χ4v) is 10.9. The van der Waals surface area contributed by atoms with Crippen LogP contribution in [0.25, 0.3) is 0 Å². The number of carbonyl (C=O) groups excluding carboxylic acids is 1. The first-order chi connectivity index (χ1) is 19.1. The van der Waals surface area contributed by atoms with Crippen molar-refractivity contribution in [3.8, 4) is 0 Å². The lowest BCUT2D eigenvalue weighted by molar-refractivity contribution is -0.392. The first-order valence-electron chi connectivity index (χ1n) is 14.1. The highest BCUT2D eigenvalue weighted by atomic mass is 16.6. The molecule has 1 aromatic heterocycles. The van der Waals surface area contributed by atoms with Gasteiger partial charge in [-0.05, 0) is 25.3 Å². The van der Waals surface area contributed by atoms with Gasteiger partial charge in [-0.1, -0.05) is 6.92 Å². The molecular weight excluding hydrogens is 544 g/mol. The molecule has 16 atom stereocenters. The highest BCUT2D eigenvalue weighted by molar-refractivity contribution is 5.66. The van der Waals surface area contributed by atoms with Gasteiger partial charge in [0.05, 0.1) is 61.0 Å². The summed E-state index contributed by atoms with van der Waals surface area (Å²) in [5, 5.41) is 94.1. The van der Waals surface area contributed by atoms with Gasteiger partial charge in [0.15, 0.2) is 6.29 Å². The number of epoxide rings is 1. The fraction of sp³-hybridized carbons (Fsp3) is 0.821. The Hall–Kier alpha value is -1.65. The molecule has 2 saturated heterocycles. The molecule has 6 aliphatic rings. The molecular formula is C28H38O13. The minimum atomic E-state index is -2.09. The zero-order valence-electron chi connectivity index (χ0n) is 23.0. The Morgan fingerprint density at radius 3 is 2.41 bits per heavy atom.